The van der Waals surface area contributed by atoms with Crippen molar-refractivity contribution in [1.29, 1.82) is 0 Å². The molecule has 2 unspecified atom stereocenters. The Labute approximate surface area is 150 Å². The topological polar surface area (TPSA) is 43.4 Å². The van der Waals surface area contributed by atoms with Crippen LogP contribution in [0.25, 0.3) is 0 Å². The first-order valence-corrected chi connectivity index (χ1v) is 9.86. The van der Waals surface area contributed by atoms with E-state index >= 15 is 0 Å². The van der Waals surface area contributed by atoms with Crippen LogP contribution < -0.4 is 0 Å². The molecular formula is C18H17ClF2O3S. The van der Waals surface area contributed by atoms with Crippen molar-refractivity contribution < 1.29 is 21.9 Å². The van der Waals surface area contributed by atoms with Crippen LogP contribution >= 0.6 is 11.6 Å². The zero-order valence-electron chi connectivity index (χ0n) is 13.3. The van der Waals surface area contributed by atoms with Gasteiger partial charge >= 0.3 is 0 Å². The van der Waals surface area contributed by atoms with E-state index in [1.807, 2.05) is 0 Å². The summed E-state index contributed by atoms with van der Waals surface area (Å²) >= 11 is 5.82. The van der Waals surface area contributed by atoms with Gasteiger partial charge in [0.2, 0.25) is 0 Å². The Balaban J connectivity index is 2.06. The van der Waals surface area contributed by atoms with Crippen molar-refractivity contribution in [3.63, 3.8) is 0 Å². The monoisotopic (exact) mass is 386 g/mol. The van der Waals surface area contributed by atoms with Crippen molar-refractivity contribution >= 4 is 21.4 Å². The maximum absolute atomic E-state index is 14.3. The number of ether oxygens (including phenoxy) is 1. The highest BCUT2D eigenvalue weighted by molar-refractivity contribution is 7.91. The first-order chi connectivity index (χ1) is 11.9. The summed E-state index contributed by atoms with van der Waals surface area (Å²) in [5.41, 5.74) is -0.176. The van der Waals surface area contributed by atoms with Gasteiger partial charge in [0.15, 0.2) is 9.84 Å². The van der Waals surface area contributed by atoms with Crippen molar-refractivity contribution in [2.45, 2.75) is 35.5 Å². The Hall–Kier alpha value is -1.50. The minimum Gasteiger partial charge on any atom is -0.378 e. The van der Waals surface area contributed by atoms with Gasteiger partial charge in [0, 0.05) is 17.2 Å². The lowest BCUT2D eigenvalue weighted by Crippen LogP contribution is -2.21. The minimum absolute atomic E-state index is 0.0172. The summed E-state index contributed by atoms with van der Waals surface area (Å²) in [6.07, 6.45) is 1.30. The van der Waals surface area contributed by atoms with Crippen molar-refractivity contribution in [2.75, 3.05) is 6.61 Å². The number of halogens is 3. The van der Waals surface area contributed by atoms with Gasteiger partial charge in [-0.15, -0.1) is 0 Å². The molecule has 1 heterocycles. The normalized spacial score (nSPS) is 19.1. The first-order valence-electron chi connectivity index (χ1n) is 7.94. The van der Waals surface area contributed by atoms with Crippen molar-refractivity contribution in [2.24, 2.45) is 0 Å². The van der Waals surface area contributed by atoms with E-state index in [0.717, 1.165) is 24.6 Å². The Morgan fingerprint density at radius 1 is 1.16 bits per heavy atom. The van der Waals surface area contributed by atoms with Crippen LogP contribution in [-0.2, 0) is 14.6 Å². The summed E-state index contributed by atoms with van der Waals surface area (Å²) in [5, 5.41) is -0.834. The highest BCUT2D eigenvalue weighted by atomic mass is 35.5. The lowest BCUT2D eigenvalue weighted by Gasteiger charge is -2.22. The molecule has 0 N–H and O–H groups in total. The van der Waals surface area contributed by atoms with Gasteiger partial charge in [-0.05, 0) is 61.7 Å². The summed E-state index contributed by atoms with van der Waals surface area (Å²) in [6.45, 7) is 0.546. The number of hydrogen-bond acceptors (Lipinski definition) is 3. The zero-order valence-corrected chi connectivity index (χ0v) is 14.9. The highest BCUT2D eigenvalue weighted by Crippen LogP contribution is 2.37. The molecule has 2 aromatic carbocycles. The Bertz CT molecular complexity index is 847. The molecule has 3 rings (SSSR count). The second-order valence-electron chi connectivity index (χ2n) is 6.02. The average molecular weight is 387 g/mol. The summed E-state index contributed by atoms with van der Waals surface area (Å²) in [4.78, 5) is 0.0172. The van der Waals surface area contributed by atoms with Gasteiger partial charge in [0.25, 0.3) is 0 Å². The van der Waals surface area contributed by atoms with E-state index in [0.29, 0.717) is 18.1 Å². The SMILES string of the molecule is O=S(=O)(c1ccc(Cl)cc1)C(CC1CCCO1)c1cc(F)ccc1F. The van der Waals surface area contributed by atoms with Crippen LogP contribution in [-0.4, -0.2) is 21.1 Å². The van der Waals surface area contributed by atoms with E-state index in [-0.39, 0.29) is 23.0 Å². The number of sulfone groups is 1. The van der Waals surface area contributed by atoms with E-state index in [9.17, 15) is 17.2 Å². The molecule has 3 nitrogen and oxygen atoms in total. The van der Waals surface area contributed by atoms with Gasteiger partial charge in [-0.25, -0.2) is 17.2 Å². The second-order valence-corrected chi connectivity index (χ2v) is 8.59. The fourth-order valence-electron chi connectivity index (χ4n) is 3.04. The Morgan fingerprint density at radius 3 is 2.52 bits per heavy atom. The van der Waals surface area contributed by atoms with Crippen LogP contribution in [0.15, 0.2) is 47.4 Å². The third kappa shape index (κ3) is 4.02. The fraction of sp³-hybridized carbons (Fsp3) is 0.333. The summed E-state index contributed by atoms with van der Waals surface area (Å²) < 4.78 is 59.7. The molecule has 0 aliphatic carbocycles. The molecule has 1 saturated heterocycles. The Kier molecular flexibility index (Phi) is 5.41. The predicted octanol–water partition coefficient (Wildman–Crippen LogP) is 4.70. The number of benzene rings is 2. The summed E-state index contributed by atoms with van der Waals surface area (Å²) in [6, 6.07) is 8.53. The molecule has 2 aromatic rings. The molecule has 0 bridgehead atoms. The maximum Gasteiger partial charge on any atom is 0.185 e. The number of hydrogen-bond donors (Lipinski definition) is 0. The van der Waals surface area contributed by atoms with Crippen molar-refractivity contribution in [3.05, 3.63) is 64.7 Å². The Morgan fingerprint density at radius 2 is 1.88 bits per heavy atom. The van der Waals surface area contributed by atoms with Crippen molar-refractivity contribution in [3.8, 4) is 0 Å². The molecule has 0 aromatic heterocycles. The van der Waals surface area contributed by atoms with Crippen LogP contribution in [0.2, 0.25) is 5.02 Å². The number of rotatable bonds is 5. The molecule has 134 valence electrons. The summed E-state index contributed by atoms with van der Waals surface area (Å²) in [5.74, 6) is -1.43. The van der Waals surface area contributed by atoms with E-state index < -0.39 is 26.7 Å². The highest BCUT2D eigenvalue weighted by Gasteiger charge is 2.35. The third-order valence-electron chi connectivity index (χ3n) is 4.32. The van der Waals surface area contributed by atoms with Gasteiger partial charge in [0.1, 0.15) is 11.6 Å². The fourth-order valence-corrected chi connectivity index (χ4v) is 4.99. The largest absolute Gasteiger partial charge is 0.378 e. The molecule has 0 amide bonds. The zero-order chi connectivity index (χ0) is 18.0. The molecule has 2 atom stereocenters. The van der Waals surface area contributed by atoms with Crippen LogP contribution in [0.1, 0.15) is 30.1 Å². The van der Waals surface area contributed by atoms with Gasteiger partial charge in [0.05, 0.1) is 16.2 Å². The molecule has 0 radical (unpaired) electrons. The van der Waals surface area contributed by atoms with Crippen LogP contribution in [0, 0.1) is 11.6 Å². The van der Waals surface area contributed by atoms with E-state index in [4.69, 9.17) is 16.3 Å². The predicted molar refractivity (Wildman–Crippen MR) is 91.3 cm³/mol. The van der Waals surface area contributed by atoms with Crippen molar-refractivity contribution in [1.82, 2.24) is 0 Å². The molecule has 0 saturated carbocycles. The van der Waals surface area contributed by atoms with E-state index in [1.54, 1.807) is 0 Å². The summed E-state index contributed by atoms with van der Waals surface area (Å²) in [7, 11) is -3.94. The van der Waals surface area contributed by atoms with Gasteiger partial charge < -0.3 is 4.74 Å². The third-order valence-corrected chi connectivity index (χ3v) is 6.70. The van der Waals surface area contributed by atoms with E-state index in [1.165, 1.54) is 24.3 Å². The standard InChI is InChI=1S/C18H17ClF2O3S/c19-12-3-6-15(7-4-12)25(22,23)18(11-14-2-1-9-24-14)16-10-13(20)5-8-17(16)21/h3-8,10,14,18H,1-2,9,11H2. The quantitative estimate of drug-likeness (QED) is 0.747. The lowest BCUT2D eigenvalue weighted by atomic mass is 10.0. The molecule has 7 heteroatoms. The first kappa shape index (κ1) is 18.3. The van der Waals surface area contributed by atoms with E-state index in [2.05, 4.69) is 0 Å². The van der Waals surface area contributed by atoms with Gasteiger partial charge in [-0.1, -0.05) is 11.6 Å². The molecular weight excluding hydrogens is 370 g/mol. The maximum atomic E-state index is 14.3. The van der Waals surface area contributed by atoms with Crippen LogP contribution in [0.5, 0.6) is 0 Å². The smallest absolute Gasteiger partial charge is 0.185 e. The van der Waals surface area contributed by atoms with Crippen LogP contribution in [0.3, 0.4) is 0 Å². The molecule has 25 heavy (non-hydrogen) atoms. The average Bonchev–Trinajstić information content (AvgIpc) is 3.08. The molecule has 1 aliphatic heterocycles. The van der Waals surface area contributed by atoms with Gasteiger partial charge in [-0.2, -0.15) is 0 Å². The molecule has 0 spiro atoms. The molecule has 1 aliphatic rings. The minimum atomic E-state index is -3.94. The van der Waals surface area contributed by atoms with Gasteiger partial charge in [-0.3, -0.25) is 0 Å². The lowest BCUT2D eigenvalue weighted by molar-refractivity contribution is 0.103. The second kappa shape index (κ2) is 7.40. The molecule has 1 fully saturated rings. The van der Waals surface area contributed by atoms with Crippen LogP contribution in [0.4, 0.5) is 8.78 Å².